The summed E-state index contributed by atoms with van der Waals surface area (Å²) in [6, 6.07) is 5.37. The molecule has 2 aliphatic heterocycles. The first-order chi connectivity index (χ1) is 10.9. The van der Waals surface area contributed by atoms with Gasteiger partial charge in [0, 0.05) is 26.1 Å². The van der Waals surface area contributed by atoms with E-state index in [0.29, 0.717) is 13.0 Å². The molecule has 3 atom stereocenters. The highest BCUT2D eigenvalue weighted by Crippen LogP contribution is 2.36. The van der Waals surface area contributed by atoms with Crippen LogP contribution >= 0.6 is 0 Å². The minimum atomic E-state index is -3.86. The lowest BCUT2D eigenvalue weighted by Crippen LogP contribution is -2.32. The maximum Gasteiger partial charge on any atom is 0.246 e. The van der Waals surface area contributed by atoms with E-state index in [0.717, 1.165) is 6.07 Å². The number of ether oxygens (including phenoxy) is 1. The second-order valence-electron chi connectivity index (χ2n) is 5.92. The van der Waals surface area contributed by atoms with E-state index in [1.807, 2.05) is 0 Å². The standard InChI is InChI=1S/C15H19FN2O4S/c1-17-15(19)7-11-6-10-8-18(9-13(10)22-11)23(20,21)14-5-3-2-4-12(14)16/h2-5,10-11,13H,6-9H2,1H3,(H,17,19)/t10-,11+,13+/m1/s1. The molecule has 0 radical (unpaired) electrons. The van der Waals surface area contributed by atoms with Gasteiger partial charge in [-0.25, -0.2) is 12.8 Å². The summed E-state index contributed by atoms with van der Waals surface area (Å²) in [7, 11) is -2.29. The van der Waals surface area contributed by atoms with Crippen molar-refractivity contribution in [2.75, 3.05) is 20.1 Å². The molecule has 23 heavy (non-hydrogen) atoms. The van der Waals surface area contributed by atoms with E-state index < -0.39 is 15.8 Å². The number of sulfonamides is 1. The number of carbonyl (C=O) groups excluding carboxylic acids is 1. The summed E-state index contributed by atoms with van der Waals surface area (Å²) in [6.07, 6.45) is 0.514. The largest absolute Gasteiger partial charge is 0.373 e. The Morgan fingerprint density at radius 3 is 2.78 bits per heavy atom. The van der Waals surface area contributed by atoms with Crippen molar-refractivity contribution < 1.29 is 22.3 Å². The summed E-state index contributed by atoms with van der Waals surface area (Å²) in [4.78, 5) is 11.1. The molecule has 3 rings (SSSR count). The summed E-state index contributed by atoms with van der Waals surface area (Å²) < 4.78 is 46.0. The van der Waals surface area contributed by atoms with E-state index >= 15 is 0 Å². The van der Waals surface area contributed by atoms with E-state index in [-0.39, 0.29) is 41.9 Å². The summed E-state index contributed by atoms with van der Waals surface area (Å²) in [6.45, 7) is 0.497. The first kappa shape index (κ1) is 16.4. The number of carbonyl (C=O) groups is 1. The first-order valence-corrected chi connectivity index (χ1v) is 8.96. The Hall–Kier alpha value is -1.51. The molecule has 2 heterocycles. The van der Waals surface area contributed by atoms with Gasteiger partial charge >= 0.3 is 0 Å². The molecule has 1 amide bonds. The van der Waals surface area contributed by atoms with Gasteiger partial charge < -0.3 is 10.1 Å². The molecule has 2 saturated heterocycles. The molecule has 8 heteroatoms. The maximum absolute atomic E-state index is 13.8. The Kier molecular flexibility index (Phi) is 4.39. The van der Waals surface area contributed by atoms with Crippen LogP contribution in [0.5, 0.6) is 0 Å². The van der Waals surface area contributed by atoms with Gasteiger partial charge in [-0.15, -0.1) is 0 Å². The monoisotopic (exact) mass is 342 g/mol. The smallest absolute Gasteiger partial charge is 0.246 e. The molecule has 0 unspecified atom stereocenters. The van der Waals surface area contributed by atoms with Gasteiger partial charge in [-0.3, -0.25) is 4.79 Å². The number of nitrogens with one attached hydrogen (secondary N) is 1. The third-order valence-corrected chi connectivity index (χ3v) is 6.29. The normalized spacial score (nSPS) is 27.8. The van der Waals surface area contributed by atoms with Crippen LogP contribution in [0.4, 0.5) is 4.39 Å². The van der Waals surface area contributed by atoms with Crippen LogP contribution in [0.1, 0.15) is 12.8 Å². The fraction of sp³-hybridized carbons (Fsp3) is 0.533. The van der Waals surface area contributed by atoms with Gasteiger partial charge in [-0.05, 0) is 18.6 Å². The Bertz CT molecular complexity index is 695. The molecule has 2 aliphatic rings. The number of halogens is 1. The van der Waals surface area contributed by atoms with Gasteiger partial charge in [0.25, 0.3) is 0 Å². The van der Waals surface area contributed by atoms with Crippen LogP contribution in [0.15, 0.2) is 29.2 Å². The highest BCUT2D eigenvalue weighted by molar-refractivity contribution is 7.89. The van der Waals surface area contributed by atoms with Crippen LogP contribution in [0.25, 0.3) is 0 Å². The Labute approximate surface area is 134 Å². The molecule has 1 aromatic rings. The third-order valence-electron chi connectivity index (χ3n) is 4.43. The van der Waals surface area contributed by atoms with Crippen molar-refractivity contribution in [3.63, 3.8) is 0 Å². The molecule has 0 saturated carbocycles. The number of rotatable bonds is 4. The topological polar surface area (TPSA) is 75.7 Å². The number of benzene rings is 1. The van der Waals surface area contributed by atoms with Crippen molar-refractivity contribution in [2.45, 2.75) is 29.9 Å². The van der Waals surface area contributed by atoms with Crippen molar-refractivity contribution in [1.82, 2.24) is 9.62 Å². The van der Waals surface area contributed by atoms with Crippen molar-refractivity contribution >= 4 is 15.9 Å². The predicted molar refractivity (Wildman–Crippen MR) is 80.6 cm³/mol. The van der Waals surface area contributed by atoms with Crippen LogP contribution in [0.2, 0.25) is 0 Å². The third kappa shape index (κ3) is 3.11. The second kappa shape index (κ2) is 6.18. The van der Waals surface area contributed by atoms with E-state index in [9.17, 15) is 17.6 Å². The molecule has 0 spiro atoms. The minimum Gasteiger partial charge on any atom is -0.373 e. The highest BCUT2D eigenvalue weighted by Gasteiger charge is 2.46. The number of amides is 1. The van der Waals surface area contributed by atoms with E-state index in [4.69, 9.17) is 4.74 Å². The number of nitrogens with zero attached hydrogens (tertiary/aromatic N) is 1. The van der Waals surface area contributed by atoms with Crippen molar-refractivity contribution in [3.05, 3.63) is 30.1 Å². The fourth-order valence-electron chi connectivity index (χ4n) is 3.25. The molecule has 6 nitrogen and oxygen atoms in total. The van der Waals surface area contributed by atoms with Gasteiger partial charge in [0.1, 0.15) is 10.7 Å². The first-order valence-electron chi connectivity index (χ1n) is 7.52. The lowest BCUT2D eigenvalue weighted by Gasteiger charge is -2.19. The zero-order valence-corrected chi connectivity index (χ0v) is 13.6. The summed E-state index contributed by atoms with van der Waals surface area (Å²) in [5.41, 5.74) is 0. The highest BCUT2D eigenvalue weighted by atomic mass is 32.2. The van der Waals surface area contributed by atoms with Crippen molar-refractivity contribution in [1.29, 1.82) is 0 Å². The number of hydrogen-bond donors (Lipinski definition) is 1. The molecule has 126 valence electrons. The van der Waals surface area contributed by atoms with Gasteiger partial charge in [-0.2, -0.15) is 4.31 Å². The Morgan fingerprint density at radius 2 is 2.13 bits per heavy atom. The van der Waals surface area contributed by atoms with Crippen LogP contribution in [-0.4, -0.2) is 51.0 Å². The quantitative estimate of drug-likeness (QED) is 0.876. The Balaban J connectivity index is 1.69. The number of fused-ring (bicyclic) bond motifs is 1. The van der Waals surface area contributed by atoms with Gasteiger partial charge in [0.2, 0.25) is 15.9 Å². The molecule has 0 bridgehead atoms. The van der Waals surface area contributed by atoms with Crippen LogP contribution < -0.4 is 5.32 Å². The van der Waals surface area contributed by atoms with Crippen LogP contribution in [-0.2, 0) is 19.6 Å². The molecule has 1 aromatic carbocycles. The van der Waals surface area contributed by atoms with Crippen LogP contribution in [0.3, 0.4) is 0 Å². The van der Waals surface area contributed by atoms with E-state index in [1.165, 1.54) is 22.5 Å². The maximum atomic E-state index is 13.8. The van der Waals surface area contributed by atoms with Gasteiger partial charge in [0.15, 0.2) is 0 Å². The minimum absolute atomic E-state index is 0.0474. The number of hydrogen-bond acceptors (Lipinski definition) is 4. The lowest BCUT2D eigenvalue weighted by atomic mass is 10.0. The summed E-state index contributed by atoms with van der Waals surface area (Å²) in [5, 5.41) is 2.55. The summed E-state index contributed by atoms with van der Waals surface area (Å²) >= 11 is 0. The zero-order chi connectivity index (χ0) is 16.6. The van der Waals surface area contributed by atoms with Gasteiger partial charge in [0.05, 0.1) is 18.6 Å². The molecular formula is C15H19FN2O4S. The molecular weight excluding hydrogens is 323 g/mol. The predicted octanol–water partition coefficient (Wildman–Crippen LogP) is 0.740. The van der Waals surface area contributed by atoms with Crippen LogP contribution in [0, 0.1) is 11.7 Å². The average Bonchev–Trinajstić information content (AvgIpc) is 3.06. The average molecular weight is 342 g/mol. The fourth-order valence-corrected chi connectivity index (χ4v) is 4.83. The van der Waals surface area contributed by atoms with E-state index in [2.05, 4.69) is 5.32 Å². The van der Waals surface area contributed by atoms with Crippen molar-refractivity contribution in [2.24, 2.45) is 5.92 Å². The molecule has 0 aliphatic carbocycles. The SMILES string of the molecule is CNC(=O)C[C@@H]1C[C@@H]2CN(S(=O)(=O)c3ccccc3F)C[C@@H]2O1. The molecule has 1 N–H and O–H groups in total. The van der Waals surface area contributed by atoms with Crippen molar-refractivity contribution in [3.8, 4) is 0 Å². The summed E-state index contributed by atoms with van der Waals surface area (Å²) in [5.74, 6) is -0.792. The van der Waals surface area contributed by atoms with Gasteiger partial charge in [-0.1, -0.05) is 12.1 Å². The molecule has 2 fully saturated rings. The second-order valence-corrected chi connectivity index (χ2v) is 7.83. The zero-order valence-electron chi connectivity index (χ0n) is 12.7. The van der Waals surface area contributed by atoms with E-state index in [1.54, 1.807) is 7.05 Å². The Morgan fingerprint density at radius 1 is 1.39 bits per heavy atom. The lowest BCUT2D eigenvalue weighted by molar-refractivity contribution is -0.123. The molecule has 0 aromatic heterocycles.